The number of ether oxygens (including phenoxy) is 2. The van der Waals surface area contributed by atoms with Crippen LogP contribution in [0.5, 0.6) is 11.5 Å². The van der Waals surface area contributed by atoms with E-state index in [0.717, 1.165) is 24.3 Å². The van der Waals surface area contributed by atoms with E-state index in [1.165, 1.54) is 0 Å². The molecular weight excluding hydrogens is 188 g/mol. The Bertz CT molecular complexity index is 308. The van der Waals surface area contributed by atoms with Gasteiger partial charge in [-0.25, -0.2) is 0 Å². The fourth-order valence-electron chi connectivity index (χ4n) is 1.16. The van der Waals surface area contributed by atoms with Crippen molar-refractivity contribution in [2.45, 2.75) is 19.8 Å². The van der Waals surface area contributed by atoms with Gasteiger partial charge in [0.2, 0.25) is 0 Å². The van der Waals surface area contributed by atoms with Gasteiger partial charge in [-0.1, -0.05) is 0 Å². The van der Waals surface area contributed by atoms with Crippen LogP contribution in [0.1, 0.15) is 19.8 Å². The van der Waals surface area contributed by atoms with E-state index in [4.69, 9.17) is 15.9 Å². The normalized spacial score (nSPS) is 9.33. The molecular formula is C13H16O2. The zero-order valence-corrected chi connectivity index (χ0v) is 9.03. The number of hydrogen-bond acceptors (Lipinski definition) is 2. The number of hydrogen-bond donors (Lipinski definition) is 0. The van der Waals surface area contributed by atoms with Crippen molar-refractivity contribution in [2.24, 2.45) is 0 Å². The van der Waals surface area contributed by atoms with Crippen LogP contribution in [-0.4, -0.2) is 13.2 Å². The van der Waals surface area contributed by atoms with Crippen molar-refractivity contribution in [1.82, 2.24) is 0 Å². The Morgan fingerprint density at radius 3 is 2.27 bits per heavy atom. The predicted molar refractivity (Wildman–Crippen MR) is 61.2 cm³/mol. The number of benzene rings is 1. The first kappa shape index (κ1) is 11.5. The number of unbranched alkanes of at least 4 members (excludes halogenated alkanes) is 1. The maximum absolute atomic E-state index is 5.49. The van der Waals surface area contributed by atoms with Gasteiger partial charge in [-0.15, -0.1) is 12.3 Å². The van der Waals surface area contributed by atoms with Crippen LogP contribution in [0, 0.1) is 12.3 Å². The van der Waals surface area contributed by atoms with Gasteiger partial charge in [0.25, 0.3) is 0 Å². The summed E-state index contributed by atoms with van der Waals surface area (Å²) in [5.74, 6) is 4.31. The minimum Gasteiger partial charge on any atom is -0.494 e. The zero-order chi connectivity index (χ0) is 10.9. The maximum atomic E-state index is 5.49. The fourth-order valence-corrected chi connectivity index (χ4v) is 1.16. The first-order valence-electron chi connectivity index (χ1n) is 5.16. The smallest absolute Gasteiger partial charge is 0.119 e. The Kier molecular flexibility index (Phi) is 5.18. The molecule has 0 unspecified atom stereocenters. The van der Waals surface area contributed by atoms with Crippen molar-refractivity contribution < 1.29 is 9.47 Å². The van der Waals surface area contributed by atoms with E-state index in [2.05, 4.69) is 5.92 Å². The first-order chi connectivity index (χ1) is 7.36. The maximum Gasteiger partial charge on any atom is 0.119 e. The van der Waals surface area contributed by atoms with Crippen molar-refractivity contribution in [1.29, 1.82) is 0 Å². The van der Waals surface area contributed by atoms with Crippen LogP contribution in [0.25, 0.3) is 0 Å². The minimum atomic E-state index is 0.665. The molecule has 0 radical (unpaired) electrons. The molecule has 2 nitrogen and oxygen atoms in total. The van der Waals surface area contributed by atoms with Gasteiger partial charge in [0.15, 0.2) is 0 Å². The lowest BCUT2D eigenvalue weighted by Crippen LogP contribution is -1.97. The molecule has 0 aliphatic carbocycles. The highest BCUT2D eigenvalue weighted by molar-refractivity contribution is 5.31. The number of terminal acetylenes is 1. The second-order valence-corrected chi connectivity index (χ2v) is 3.06. The van der Waals surface area contributed by atoms with Gasteiger partial charge in [-0.2, -0.15) is 0 Å². The molecule has 0 fully saturated rings. The predicted octanol–water partition coefficient (Wildman–Crippen LogP) is 2.88. The van der Waals surface area contributed by atoms with E-state index in [1.807, 2.05) is 31.2 Å². The lowest BCUT2D eigenvalue weighted by atomic mass is 10.3. The van der Waals surface area contributed by atoms with Gasteiger partial charge in [0.1, 0.15) is 11.5 Å². The Morgan fingerprint density at radius 2 is 1.73 bits per heavy atom. The summed E-state index contributed by atoms with van der Waals surface area (Å²) in [7, 11) is 0. The molecule has 0 bridgehead atoms. The topological polar surface area (TPSA) is 18.5 Å². The summed E-state index contributed by atoms with van der Waals surface area (Å²) in [5.41, 5.74) is 0. The Morgan fingerprint density at radius 1 is 1.13 bits per heavy atom. The third-order valence-corrected chi connectivity index (χ3v) is 1.87. The van der Waals surface area contributed by atoms with Gasteiger partial charge in [0, 0.05) is 6.42 Å². The first-order valence-corrected chi connectivity index (χ1v) is 5.16. The van der Waals surface area contributed by atoms with Crippen LogP contribution in [0.15, 0.2) is 24.3 Å². The molecule has 0 N–H and O–H groups in total. The third kappa shape index (κ3) is 4.42. The molecule has 0 heterocycles. The molecule has 0 spiro atoms. The Balaban J connectivity index is 2.33. The molecule has 0 aliphatic heterocycles. The van der Waals surface area contributed by atoms with E-state index in [9.17, 15) is 0 Å². The lowest BCUT2D eigenvalue weighted by molar-refractivity contribution is 0.310. The molecule has 0 atom stereocenters. The molecule has 0 aromatic heterocycles. The zero-order valence-electron chi connectivity index (χ0n) is 9.03. The summed E-state index contributed by atoms with van der Waals surface area (Å²) in [5, 5.41) is 0. The molecule has 0 saturated heterocycles. The van der Waals surface area contributed by atoms with Crippen molar-refractivity contribution in [2.75, 3.05) is 13.2 Å². The van der Waals surface area contributed by atoms with Gasteiger partial charge in [-0.3, -0.25) is 0 Å². The molecule has 1 rings (SSSR count). The second-order valence-electron chi connectivity index (χ2n) is 3.06. The molecule has 0 saturated carbocycles. The van der Waals surface area contributed by atoms with E-state index in [-0.39, 0.29) is 0 Å². The highest BCUT2D eigenvalue weighted by atomic mass is 16.5. The average Bonchev–Trinajstić information content (AvgIpc) is 2.27. The summed E-state index contributed by atoms with van der Waals surface area (Å²) in [6.07, 6.45) is 6.79. The van der Waals surface area contributed by atoms with Crippen LogP contribution in [0.4, 0.5) is 0 Å². The Labute approximate surface area is 91.2 Å². The molecule has 0 amide bonds. The van der Waals surface area contributed by atoms with Gasteiger partial charge in [0.05, 0.1) is 13.2 Å². The summed E-state index contributed by atoms with van der Waals surface area (Å²) in [6.45, 7) is 3.31. The SMILES string of the molecule is C#CCCCOc1ccc(OCC)cc1. The van der Waals surface area contributed by atoms with Gasteiger partial charge < -0.3 is 9.47 Å². The highest BCUT2D eigenvalue weighted by Crippen LogP contribution is 2.17. The quantitative estimate of drug-likeness (QED) is 0.524. The Hall–Kier alpha value is -1.62. The molecule has 1 aromatic rings. The summed E-state index contributed by atoms with van der Waals surface area (Å²) < 4.78 is 10.8. The third-order valence-electron chi connectivity index (χ3n) is 1.87. The lowest BCUT2D eigenvalue weighted by Gasteiger charge is -2.06. The van der Waals surface area contributed by atoms with Crippen molar-refractivity contribution in [3.05, 3.63) is 24.3 Å². The highest BCUT2D eigenvalue weighted by Gasteiger charge is 1.95. The fraction of sp³-hybridized carbons (Fsp3) is 0.385. The van der Waals surface area contributed by atoms with Crippen LogP contribution >= 0.6 is 0 Å². The molecule has 2 heteroatoms. The van der Waals surface area contributed by atoms with Crippen LogP contribution < -0.4 is 9.47 Å². The summed E-state index contributed by atoms with van der Waals surface area (Å²) in [6, 6.07) is 7.61. The summed E-state index contributed by atoms with van der Waals surface area (Å²) in [4.78, 5) is 0. The monoisotopic (exact) mass is 204 g/mol. The van der Waals surface area contributed by atoms with Crippen LogP contribution in [0.2, 0.25) is 0 Å². The molecule has 15 heavy (non-hydrogen) atoms. The molecule has 80 valence electrons. The van der Waals surface area contributed by atoms with E-state index in [0.29, 0.717) is 13.2 Å². The second kappa shape index (κ2) is 6.78. The molecule has 1 aromatic carbocycles. The minimum absolute atomic E-state index is 0.665. The average molecular weight is 204 g/mol. The largest absolute Gasteiger partial charge is 0.494 e. The summed E-state index contributed by atoms with van der Waals surface area (Å²) >= 11 is 0. The van der Waals surface area contributed by atoms with E-state index in [1.54, 1.807) is 0 Å². The van der Waals surface area contributed by atoms with Gasteiger partial charge in [-0.05, 0) is 37.6 Å². The van der Waals surface area contributed by atoms with E-state index < -0.39 is 0 Å². The van der Waals surface area contributed by atoms with Gasteiger partial charge >= 0.3 is 0 Å². The van der Waals surface area contributed by atoms with Crippen LogP contribution in [-0.2, 0) is 0 Å². The standard InChI is InChI=1S/C13H16O2/c1-3-5-6-11-15-13-9-7-12(8-10-13)14-4-2/h1,7-10H,4-6,11H2,2H3. The van der Waals surface area contributed by atoms with Crippen LogP contribution in [0.3, 0.4) is 0 Å². The number of rotatable bonds is 6. The van der Waals surface area contributed by atoms with Crippen molar-refractivity contribution in [3.8, 4) is 23.8 Å². The van der Waals surface area contributed by atoms with Crippen molar-refractivity contribution in [3.63, 3.8) is 0 Å². The van der Waals surface area contributed by atoms with E-state index >= 15 is 0 Å². The molecule has 0 aliphatic rings. The van der Waals surface area contributed by atoms with Crippen molar-refractivity contribution >= 4 is 0 Å².